The number of ether oxygens (including phenoxy) is 1. The van der Waals surface area contributed by atoms with E-state index in [2.05, 4.69) is 10.1 Å². The molecule has 1 amide bonds. The van der Waals surface area contributed by atoms with Gasteiger partial charge in [-0.3, -0.25) is 4.79 Å². The van der Waals surface area contributed by atoms with Crippen LogP contribution in [0.1, 0.15) is 11.3 Å². The van der Waals surface area contributed by atoms with Gasteiger partial charge in [-0.25, -0.2) is 4.98 Å². The molecule has 1 heterocycles. The second-order valence-electron chi connectivity index (χ2n) is 7.32. The highest BCUT2D eigenvalue weighted by Gasteiger charge is 2.31. The van der Waals surface area contributed by atoms with Crippen molar-refractivity contribution >= 4 is 22.9 Å². The number of benzene rings is 3. The largest absolute Gasteiger partial charge is 0.573 e. The second kappa shape index (κ2) is 9.46. The molecule has 0 unspecified atom stereocenters. The van der Waals surface area contributed by atoms with E-state index in [0.29, 0.717) is 11.4 Å². The monoisotopic (exact) mass is 468 g/mol. The van der Waals surface area contributed by atoms with E-state index < -0.39 is 6.36 Å². The molecule has 0 aliphatic rings. The number of carbonyl (C=O) groups is 1. The van der Waals surface area contributed by atoms with Crippen molar-refractivity contribution < 1.29 is 22.7 Å². The molecular weight excluding hydrogens is 449 g/mol. The van der Waals surface area contributed by atoms with Crippen molar-refractivity contribution in [3.05, 3.63) is 90.1 Å². The minimum absolute atomic E-state index is 0.0212. The molecule has 0 radical (unpaired) electrons. The molecule has 3 aromatic carbocycles. The number of aryl methyl sites for hydroxylation is 1. The molecule has 168 valence electrons. The van der Waals surface area contributed by atoms with Gasteiger partial charge in [0, 0.05) is 11.3 Å². The lowest BCUT2D eigenvalue weighted by Crippen LogP contribution is -2.17. The van der Waals surface area contributed by atoms with Gasteiger partial charge in [-0.2, -0.15) is 0 Å². The standard InChI is InChI=1S/C25H19F3N2O2S/c1-16-7-9-17(10-8-16)23-21(30-24(33-23)18-5-3-2-4-6-18)15-22(31)29-19-11-13-20(14-12-19)32-25(26,27)28/h2-14H,15H2,1H3,(H,29,31). The Bertz CT molecular complexity index is 1240. The first-order valence-electron chi connectivity index (χ1n) is 10.0. The first-order chi connectivity index (χ1) is 15.8. The van der Waals surface area contributed by atoms with Crippen molar-refractivity contribution in [3.63, 3.8) is 0 Å². The van der Waals surface area contributed by atoms with E-state index in [1.807, 2.05) is 61.5 Å². The summed E-state index contributed by atoms with van der Waals surface area (Å²) >= 11 is 1.51. The number of hydrogen-bond acceptors (Lipinski definition) is 4. The maximum absolute atomic E-state index is 12.7. The van der Waals surface area contributed by atoms with Crippen LogP contribution in [0.5, 0.6) is 5.75 Å². The van der Waals surface area contributed by atoms with Crippen LogP contribution in [0.3, 0.4) is 0 Å². The summed E-state index contributed by atoms with van der Waals surface area (Å²) in [5.74, 6) is -0.674. The molecule has 0 aliphatic heterocycles. The number of alkyl halides is 3. The SMILES string of the molecule is Cc1ccc(-c2sc(-c3ccccc3)nc2CC(=O)Nc2ccc(OC(F)(F)F)cc2)cc1. The zero-order valence-electron chi connectivity index (χ0n) is 17.5. The summed E-state index contributed by atoms with van der Waals surface area (Å²) < 4.78 is 40.8. The third-order valence-electron chi connectivity index (χ3n) is 4.73. The van der Waals surface area contributed by atoms with Crippen LogP contribution in [0, 0.1) is 6.92 Å². The Labute approximate surface area is 192 Å². The van der Waals surface area contributed by atoms with Crippen LogP contribution in [0.2, 0.25) is 0 Å². The van der Waals surface area contributed by atoms with Crippen molar-refractivity contribution in [1.29, 1.82) is 0 Å². The molecule has 4 aromatic rings. The number of carbonyl (C=O) groups excluding carboxylic acids is 1. The quantitative estimate of drug-likeness (QED) is 0.336. The van der Waals surface area contributed by atoms with Crippen molar-refractivity contribution in [2.45, 2.75) is 19.7 Å². The predicted molar refractivity (Wildman–Crippen MR) is 123 cm³/mol. The van der Waals surface area contributed by atoms with Gasteiger partial charge in [0.1, 0.15) is 10.8 Å². The van der Waals surface area contributed by atoms with Crippen LogP contribution < -0.4 is 10.1 Å². The Morgan fingerprint density at radius 1 is 0.939 bits per heavy atom. The zero-order chi connectivity index (χ0) is 23.4. The molecular formula is C25H19F3N2O2S. The molecule has 1 N–H and O–H groups in total. The van der Waals surface area contributed by atoms with Crippen LogP contribution in [0.4, 0.5) is 18.9 Å². The van der Waals surface area contributed by atoms with Crippen LogP contribution in [0.15, 0.2) is 78.9 Å². The fourth-order valence-corrected chi connectivity index (χ4v) is 4.30. The van der Waals surface area contributed by atoms with Crippen LogP contribution in [-0.4, -0.2) is 17.3 Å². The smallest absolute Gasteiger partial charge is 0.406 e. The summed E-state index contributed by atoms with van der Waals surface area (Å²) in [6.45, 7) is 2.01. The Hall–Kier alpha value is -3.65. The number of anilines is 1. The first-order valence-corrected chi connectivity index (χ1v) is 10.9. The number of nitrogens with zero attached hydrogens (tertiary/aromatic N) is 1. The van der Waals surface area contributed by atoms with E-state index in [-0.39, 0.29) is 18.1 Å². The summed E-state index contributed by atoms with van der Waals surface area (Å²) in [4.78, 5) is 18.4. The highest BCUT2D eigenvalue weighted by molar-refractivity contribution is 7.18. The van der Waals surface area contributed by atoms with Gasteiger partial charge in [-0.1, -0.05) is 60.2 Å². The molecule has 4 nitrogen and oxygen atoms in total. The Kier molecular flexibility index (Phi) is 6.46. The summed E-state index contributed by atoms with van der Waals surface area (Å²) in [7, 11) is 0. The van der Waals surface area contributed by atoms with Crippen LogP contribution >= 0.6 is 11.3 Å². The normalized spacial score (nSPS) is 11.3. The molecule has 4 rings (SSSR count). The summed E-state index contributed by atoms with van der Waals surface area (Å²) in [6, 6.07) is 22.7. The Morgan fingerprint density at radius 3 is 2.24 bits per heavy atom. The molecule has 0 saturated heterocycles. The van der Waals surface area contributed by atoms with E-state index in [1.165, 1.54) is 23.5 Å². The third-order valence-corrected chi connectivity index (χ3v) is 5.93. The minimum Gasteiger partial charge on any atom is -0.406 e. The fourth-order valence-electron chi connectivity index (χ4n) is 3.20. The molecule has 1 aromatic heterocycles. The number of halogens is 3. The first kappa shape index (κ1) is 22.5. The maximum Gasteiger partial charge on any atom is 0.573 e. The maximum atomic E-state index is 12.7. The molecule has 33 heavy (non-hydrogen) atoms. The summed E-state index contributed by atoms with van der Waals surface area (Å²) in [6.07, 6.45) is -4.74. The van der Waals surface area contributed by atoms with E-state index in [0.717, 1.165) is 38.7 Å². The Balaban J connectivity index is 1.55. The molecule has 0 bridgehead atoms. The molecule has 8 heteroatoms. The van der Waals surface area contributed by atoms with Gasteiger partial charge in [-0.05, 0) is 36.8 Å². The number of amides is 1. The van der Waals surface area contributed by atoms with Gasteiger partial charge < -0.3 is 10.1 Å². The van der Waals surface area contributed by atoms with Crippen molar-refractivity contribution in [3.8, 4) is 26.8 Å². The highest BCUT2D eigenvalue weighted by Crippen LogP contribution is 2.36. The van der Waals surface area contributed by atoms with Crippen LogP contribution in [-0.2, 0) is 11.2 Å². The number of hydrogen-bond donors (Lipinski definition) is 1. The van der Waals surface area contributed by atoms with Gasteiger partial charge in [-0.15, -0.1) is 24.5 Å². The van der Waals surface area contributed by atoms with Crippen LogP contribution in [0.25, 0.3) is 21.0 Å². The van der Waals surface area contributed by atoms with Gasteiger partial charge in [0.15, 0.2) is 0 Å². The van der Waals surface area contributed by atoms with Crippen molar-refractivity contribution in [2.75, 3.05) is 5.32 Å². The van der Waals surface area contributed by atoms with E-state index in [9.17, 15) is 18.0 Å². The molecule has 0 aliphatic carbocycles. The highest BCUT2D eigenvalue weighted by atomic mass is 32.1. The van der Waals surface area contributed by atoms with E-state index in [1.54, 1.807) is 0 Å². The molecule has 0 spiro atoms. The Morgan fingerprint density at radius 2 is 1.61 bits per heavy atom. The molecule has 0 fully saturated rings. The van der Waals surface area contributed by atoms with Gasteiger partial charge >= 0.3 is 6.36 Å². The molecule has 0 atom stereocenters. The minimum atomic E-state index is -4.77. The van der Waals surface area contributed by atoms with Crippen molar-refractivity contribution in [1.82, 2.24) is 4.98 Å². The average molecular weight is 469 g/mol. The summed E-state index contributed by atoms with van der Waals surface area (Å²) in [5.41, 5.74) is 4.06. The van der Waals surface area contributed by atoms with E-state index >= 15 is 0 Å². The number of thiazole rings is 1. The summed E-state index contributed by atoms with van der Waals surface area (Å²) in [5, 5.41) is 3.51. The average Bonchev–Trinajstić information content (AvgIpc) is 3.19. The third kappa shape index (κ3) is 5.98. The second-order valence-corrected chi connectivity index (χ2v) is 8.32. The fraction of sp³-hybridized carbons (Fsp3) is 0.120. The van der Waals surface area contributed by atoms with Gasteiger partial charge in [0.2, 0.25) is 5.91 Å². The topological polar surface area (TPSA) is 51.2 Å². The lowest BCUT2D eigenvalue weighted by atomic mass is 10.1. The zero-order valence-corrected chi connectivity index (χ0v) is 18.3. The lowest BCUT2D eigenvalue weighted by molar-refractivity contribution is -0.274. The number of aromatic nitrogens is 1. The van der Waals surface area contributed by atoms with E-state index in [4.69, 9.17) is 4.98 Å². The molecule has 0 saturated carbocycles. The van der Waals surface area contributed by atoms with Crippen molar-refractivity contribution in [2.24, 2.45) is 0 Å². The van der Waals surface area contributed by atoms with Gasteiger partial charge in [0.05, 0.1) is 17.0 Å². The lowest BCUT2D eigenvalue weighted by Gasteiger charge is -2.10. The number of rotatable bonds is 6. The number of nitrogens with one attached hydrogen (secondary N) is 1. The predicted octanol–water partition coefficient (Wildman–Crippen LogP) is 6.87. The van der Waals surface area contributed by atoms with Gasteiger partial charge in [0.25, 0.3) is 0 Å².